The van der Waals surface area contributed by atoms with Crippen LogP contribution < -0.4 is 10.6 Å². The number of hydrogen-bond acceptors (Lipinski definition) is 4. The standard InChI is InChI=1S/C15H19BrN2O4/c1-3-4-15(21)22-9-14(20)17-8-13(19)18-12-6-5-11(16)7-10(12)2/h5-7H,3-4,8-9H2,1-2H3,(H,17,20)(H,18,19). The second-order valence-electron chi connectivity index (χ2n) is 4.69. The number of aryl methyl sites for hydroxylation is 1. The summed E-state index contributed by atoms with van der Waals surface area (Å²) < 4.78 is 5.66. The highest BCUT2D eigenvalue weighted by molar-refractivity contribution is 9.10. The van der Waals surface area contributed by atoms with Crippen LogP contribution in [0.1, 0.15) is 25.3 Å². The molecule has 6 nitrogen and oxygen atoms in total. The molecule has 22 heavy (non-hydrogen) atoms. The summed E-state index contributed by atoms with van der Waals surface area (Å²) in [5.41, 5.74) is 1.58. The summed E-state index contributed by atoms with van der Waals surface area (Å²) >= 11 is 3.34. The molecule has 0 saturated heterocycles. The fourth-order valence-corrected chi connectivity index (χ4v) is 2.09. The third-order valence-corrected chi connectivity index (χ3v) is 3.22. The number of anilines is 1. The molecule has 0 aliphatic rings. The lowest BCUT2D eigenvalue weighted by molar-refractivity contribution is -0.148. The fraction of sp³-hybridized carbons (Fsp3) is 0.400. The molecule has 0 fully saturated rings. The minimum absolute atomic E-state index is 0.181. The third-order valence-electron chi connectivity index (χ3n) is 2.73. The molecule has 0 aliphatic carbocycles. The van der Waals surface area contributed by atoms with Gasteiger partial charge in [-0.25, -0.2) is 0 Å². The highest BCUT2D eigenvalue weighted by atomic mass is 79.9. The van der Waals surface area contributed by atoms with Gasteiger partial charge >= 0.3 is 5.97 Å². The van der Waals surface area contributed by atoms with Crippen molar-refractivity contribution in [2.24, 2.45) is 0 Å². The predicted molar refractivity (Wildman–Crippen MR) is 86.4 cm³/mol. The van der Waals surface area contributed by atoms with Crippen LogP contribution in [0.5, 0.6) is 0 Å². The molecule has 0 atom stereocenters. The number of ether oxygens (including phenoxy) is 1. The minimum Gasteiger partial charge on any atom is -0.456 e. The summed E-state index contributed by atoms with van der Waals surface area (Å²) in [5.74, 6) is -1.28. The molecule has 120 valence electrons. The van der Waals surface area contributed by atoms with Crippen molar-refractivity contribution < 1.29 is 19.1 Å². The van der Waals surface area contributed by atoms with E-state index in [-0.39, 0.29) is 25.5 Å². The second-order valence-corrected chi connectivity index (χ2v) is 5.61. The molecular weight excluding hydrogens is 352 g/mol. The molecule has 7 heteroatoms. The number of benzene rings is 1. The zero-order valence-electron chi connectivity index (χ0n) is 12.6. The monoisotopic (exact) mass is 370 g/mol. The van der Waals surface area contributed by atoms with E-state index in [1.807, 2.05) is 26.0 Å². The Morgan fingerprint density at radius 1 is 1.23 bits per heavy atom. The van der Waals surface area contributed by atoms with Crippen molar-refractivity contribution in [3.8, 4) is 0 Å². The van der Waals surface area contributed by atoms with E-state index < -0.39 is 11.9 Å². The Morgan fingerprint density at radius 2 is 1.95 bits per heavy atom. The first kappa shape index (κ1) is 18.2. The second kappa shape index (κ2) is 9.19. The fourth-order valence-electron chi connectivity index (χ4n) is 1.61. The van der Waals surface area contributed by atoms with Crippen molar-refractivity contribution in [1.82, 2.24) is 5.32 Å². The third kappa shape index (κ3) is 6.71. The van der Waals surface area contributed by atoms with E-state index in [0.29, 0.717) is 12.1 Å². The number of carbonyl (C=O) groups excluding carboxylic acids is 3. The van der Waals surface area contributed by atoms with E-state index >= 15 is 0 Å². The molecule has 0 aliphatic heterocycles. The van der Waals surface area contributed by atoms with Crippen LogP contribution >= 0.6 is 15.9 Å². The number of halogens is 1. The smallest absolute Gasteiger partial charge is 0.306 e. The highest BCUT2D eigenvalue weighted by Gasteiger charge is 2.09. The number of rotatable bonds is 7. The lowest BCUT2D eigenvalue weighted by atomic mass is 10.2. The Bertz CT molecular complexity index is 560. The summed E-state index contributed by atoms with van der Waals surface area (Å²) in [6.45, 7) is 3.16. The van der Waals surface area contributed by atoms with Crippen molar-refractivity contribution in [1.29, 1.82) is 0 Å². The Kier molecular flexibility index (Phi) is 7.59. The first-order valence-corrected chi connectivity index (χ1v) is 7.70. The summed E-state index contributed by atoms with van der Waals surface area (Å²) in [7, 11) is 0. The van der Waals surface area contributed by atoms with Gasteiger partial charge in [0.05, 0.1) is 6.54 Å². The molecule has 2 N–H and O–H groups in total. The van der Waals surface area contributed by atoms with Gasteiger partial charge < -0.3 is 15.4 Å². The van der Waals surface area contributed by atoms with Gasteiger partial charge in [-0.2, -0.15) is 0 Å². The normalized spacial score (nSPS) is 9.95. The molecule has 0 unspecified atom stereocenters. The molecule has 1 aromatic rings. The zero-order chi connectivity index (χ0) is 16.5. The van der Waals surface area contributed by atoms with Gasteiger partial charge in [-0.05, 0) is 37.1 Å². The maximum absolute atomic E-state index is 11.7. The Hall–Kier alpha value is -1.89. The molecule has 0 bridgehead atoms. The Balaban J connectivity index is 2.33. The van der Waals surface area contributed by atoms with E-state index in [2.05, 4.69) is 26.6 Å². The van der Waals surface area contributed by atoms with Crippen molar-refractivity contribution >= 4 is 39.4 Å². The van der Waals surface area contributed by atoms with E-state index in [4.69, 9.17) is 4.74 Å². The maximum Gasteiger partial charge on any atom is 0.306 e. The molecule has 0 spiro atoms. The van der Waals surface area contributed by atoms with Crippen LogP contribution in [0, 0.1) is 6.92 Å². The van der Waals surface area contributed by atoms with Crippen LogP contribution in [-0.2, 0) is 19.1 Å². The molecule has 2 amide bonds. The van der Waals surface area contributed by atoms with Gasteiger partial charge in [0, 0.05) is 16.6 Å². The van der Waals surface area contributed by atoms with Crippen LogP contribution in [0.3, 0.4) is 0 Å². The summed E-state index contributed by atoms with van der Waals surface area (Å²) in [6.07, 6.45) is 0.937. The van der Waals surface area contributed by atoms with Crippen molar-refractivity contribution in [3.05, 3.63) is 28.2 Å². The molecule has 0 heterocycles. The van der Waals surface area contributed by atoms with Gasteiger partial charge in [-0.3, -0.25) is 14.4 Å². The van der Waals surface area contributed by atoms with Crippen LogP contribution in [0.25, 0.3) is 0 Å². The van der Waals surface area contributed by atoms with Crippen LogP contribution in [0.15, 0.2) is 22.7 Å². The first-order valence-electron chi connectivity index (χ1n) is 6.90. The van der Waals surface area contributed by atoms with Gasteiger partial charge in [0.1, 0.15) is 0 Å². The van der Waals surface area contributed by atoms with Crippen LogP contribution in [-0.4, -0.2) is 30.9 Å². The molecule has 0 radical (unpaired) electrons. The Morgan fingerprint density at radius 3 is 2.59 bits per heavy atom. The maximum atomic E-state index is 11.7. The molecule has 1 rings (SSSR count). The van der Waals surface area contributed by atoms with Crippen molar-refractivity contribution in [2.75, 3.05) is 18.5 Å². The van der Waals surface area contributed by atoms with Crippen molar-refractivity contribution in [2.45, 2.75) is 26.7 Å². The average Bonchev–Trinajstić information content (AvgIpc) is 2.46. The van der Waals surface area contributed by atoms with Crippen molar-refractivity contribution in [3.63, 3.8) is 0 Å². The van der Waals surface area contributed by atoms with Gasteiger partial charge in [-0.1, -0.05) is 22.9 Å². The summed E-state index contributed by atoms with van der Waals surface area (Å²) in [6, 6.07) is 5.46. The van der Waals surface area contributed by atoms with Gasteiger partial charge in [0.15, 0.2) is 6.61 Å². The molecule has 1 aromatic carbocycles. The number of esters is 1. The van der Waals surface area contributed by atoms with Crippen LogP contribution in [0.4, 0.5) is 5.69 Å². The topological polar surface area (TPSA) is 84.5 Å². The first-order chi connectivity index (χ1) is 10.4. The molecule has 0 aromatic heterocycles. The van der Waals surface area contributed by atoms with E-state index in [1.165, 1.54) is 0 Å². The van der Waals surface area contributed by atoms with E-state index in [0.717, 1.165) is 10.0 Å². The van der Waals surface area contributed by atoms with E-state index in [1.54, 1.807) is 6.07 Å². The zero-order valence-corrected chi connectivity index (χ0v) is 14.2. The Labute approximate surface area is 137 Å². The lowest BCUT2D eigenvalue weighted by Gasteiger charge is -2.10. The number of nitrogens with one attached hydrogen (secondary N) is 2. The van der Waals surface area contributed by atoms with Crippen LogP contribution in [0.2, 0.25) is 0 Å². The van der Waals surface area contributed by atoms with E-state index in [9.17, 15) is 14.4 Å². The lowest BCUT2D eigenvalue weighted by Crippen LogP contribution is -2.35. The minimum atomic E-state index is -0.507. The number of carbonyl (C=O) groups is 3. The summed E-state index contributed by atoms with van der Waals surface area (Å²) in [4.78, 5) is 34.3. The SMILES string of the molecule is CCCC(=O)OCC(=O)NCC(=O)Nc1ccc(Br)cc1C. The molecule has 0 saturated carbocycles. The number of amides is 2. The summed E-state index contributed by atoms with van der Waals surface area (Å²) in [5, 5.41) is 5.09. The largest absolute Gasteiger partial charge is 0.456 e. The molecular formula is C15H19BrN2O4. The van der Waals surface area contributed by atoms with Gasteiger partial charge in [0.2, 0.25) is 5.91 Å². The highest BCUT2D eigenvalue weighted by Crippen LogP contribution is 2.19. The van der Waals surface area contributed by atoms with Gasteiger partial charge in [0.25, 0.3) is 5.91 Å². The average molecular weight is 371 g/mol. The quantitative estimate of drug-likeness (QED) is 0.720. The predicted octanol–water partition coefficient (Wildman–Crippen LogP) is 2.16. The van der Waals surface area contributed by atoms with Gasteiger partial charge in [-0.15, -0.1) is 0 Å². The number of hydrogen-bond donors (Lipinski definition) is 2.